The molecule has 4 rings (SSSR count). The third-order valence-corrected chi connectivity index (χ3v) is 4.85. The predicted molar refractivity (Wildman–Crippen MR) is 84.3 cm³/mol. The number of rotatable bonds is 4. The molecule has 0 amide bonds. The number of nitrogens with zero attached hydrogens (tertiary/aromatic N) is 6. The molecule has 1 fully saturated rings. The Bertz CT molecular complexity index is 901. The molecule has 0 saturated carbocycles. The highest BCUT2D eigenvalue weighted by molar-refractivity contribution is 7.15. The van der Waals surface area contributed by atoms with Crippen LogP contribution in [0.4, 0.5) is 11.6 Å². The lowest BCUT2D eigenvalue weighted by Crippen LogP contribution is -2.26. The van der Waals surface area contributed by atoms with Gasteiger partial charge in [0.15, 0.2) is 5.82 Å². The fourth-order valence-corrected chi connectivity index (χ4v) is 3.71. The summed E-state index contributed by atoms with van der Waals surface area (Å²) in [5, 5.41) is 17.2. The second-order valence-corrected chi connectivity index (χ2v) is 6.39. The molecule has 0 aliphatic carbocycles. The Morgan fingerprint density at radius 2 is 2.33 bits per heavy atom. The zero-order chi connectivity index (χ0) is 16.8. The van der Waals surface area contributed by atoms with Crippen LogP contribution in [0.5, 0.6) is 0 Å². The van der Waals surface area contributed by atoms with Crippen LogP contribution in [0.15, 0.2) is 16.1 Å². The fourth-order valence-electron chi connectivity index (χ4n) is 3.01. The molecule has 2 unspecified atom stereocenters. The first-order valence-corrected chi connectivity index (χ1v) is 8.16. The second-order valence-electron chi connectivity index (χ2n) is 5.51. The van der Waals surface area contributed by atoms with Crippen molar-refractivity contribution in [3.8, 4) is 0 Å². The van der Waals surface area contributed by atoms with Crippen molar-refractivity contribution in [3.63, 3.8) is 0 Å². The maximum Gasteiger partial charge on any atom is 0.373 e. The molecule has 4 heterocycles. The summed E-state index contributed by atoms with van der Waals surface area (Å²) in [5.74, 6) is 1.17. The van der Waals surface area contributed by atoms with Gasteiger partial charge < -0.3 is 24.3 Å². The fraction of sp³-hybridized carbons (Fsp3) is 0.462. The number of hydrogen-bond donors (Lipinski definition) is 0. The second kappa shape index (κ2) is 5.53. The SMILES string of the molecule is COC1CC(c2nc(C)no2)N(c2nc3sccn3c2[N+](=O)[O-])C1. The quantitative estimate of drug-likeness (QED) is 0.518. The number of ether oxygens (including phenoxy) is 1. The van der Waals surface area contributed by atoms with E-state index in [1.54, 1.807) is 25.6 Å². The van der Waals surface area contributed by atoms with Crippen LogP contribution in [0.1, 0.15) is 24.2 Å². The van der Waals surface area contributed by atoms with Crippen LogP contribution in [0.2, 0.25) is 0 Å². The van der Waals surface area contributed by atoms with Gasteiger partial charge in [0, 0.05) is 25.5 Å². The standard InChI is InChI=1S/C13H14N6O4S/c1-7-14-11(23-16-7)9-5-8(22-2)6-18(9)10-12(19(20)21)17-3-4-24-13(17)15-10/h3-4,8-9H,5-6H2,1-2H3. The summed E-state index contributed by atoms with van der Waals surface area (Å²) in [4.78, 5) is 22.3. The Kier molecular flexibility index (Phi) is 3.46. The minimum atomic E-state index is -0.418. The van der Waals surface area contributed by atoms with E-state index >= 15 is 0 Å². The molecule has 1 aliphatic heterocycles. The van der Waals surface area contributed by atoms with E-state index in [0.717, 1.165) is 0 Å². The van der Waals surface area contributed by atoms with E-state index in [9.17, 15) is 10.1 Å². The maximum atomic E-state index is 11.6. The Labute approximate surface area is 139 Å². The van der Waals surface area contributed by atoms with Crippen LogP contribution in [0, 0.1) is 17.0 Å². The Hall–Kier alpha value is -2.53. The minimum Gasteiger partial charge on any atom is -0.380 e. The molecule has 126 valence electrons. The summed E-state index contributed by atoms with van der Waals surface area (Å²) >= 11 is 1.34. The van der Waals surface area contributed by atoms with E-state index < -0.39 is 4.92 Å². The maximum absolute atomic E-state index is 11.6. The van der Waals surface area contributed by atoms with Crippen molar-refractivity contribution in [2.24, 2.45) is 0 Å². The first kappa shape index (κ1) is 15.0. The van der Waals surface area contributed by atoms with E-state index in [0.29, 0.717) is 35.5 Å². The van der Waals surface area contributed by atoms with Crippen molar-refractivity contribution < 1.29 is 14.2 Å². The molecule has 2 atom stereocenters. The number of aryl methyl sites for hydroxylation is 1. The number of hydrogen-bond acceptors (Lipinski definition) is 9. The summed E-state index contributed by atoms with van der Waals surface area (Å²) in [7, 11) is 1.62. The van der Waals surface area contributed by atoms with Gasteiger partial charge in [0.2, 0.25) is 11.7 Å². The molecule has 3 aromatic heterocycles. The average Bonchev–Trinajstić information content (AvgIpc) is 3.27. The monoisotopic (exact) mass is 350 g/mol. The van der Waals surface area contributed by atoms with Gasteiger partial charge in [-0.1, -0.05) is 16.5 Å². The zero-order valence-electron chi connectivity index (χ0n) is 12.9. The van der Waals surface area contributed by atoms with Crippen molar-refractivity contribution in [2.75, 3.05) is 18.6 Å². The zero-order valence-corrected chi connectivity index (χ0v) is 13.8. The number of fused-ring (bicyclic) bond motifs is 1. The van der Waals surface area contributed by atoms with Gasteiger partial charge in [-0.05, 0) is 11.8 Å². The smallest absolute Gasteiger partial charge is 0.373 e. The van der Waals surface area contributed by atoms with E-state index in [1.165, 1.54) is 15.7 Å². The Morgan fingerprint density at radius 3 is 3.00 bits per heavy atom. The van der Waals surface area contributed by atoms with Crippen molar-refractivity contribution in [1.82, 2.24) is 19.5 Å². The molecule has 3 aromatic rings. The van der Waals surface area contributed by atoms with Gasteiger partial charge in [0.25, 0.3) is 4.96 Å². The highest BCUT2D eigenvalue weighted by atomic mass is 32.1. The summed E-state index contributed by atoms with van der Waals surface area (Å²) in [6, 6.07) is -0.306. The average molecular weight is 350 g/mol. The lowest BCUT2D eigenvalue weighted by molar-refractivity contribution is -0.389. The lowest BCUT2D eigenvalue weighted by atomic mass is 10.2. The number of imidazole rings is 1. The molecule has 10 nitrogen and oxygen atoms in total. The van der Waals surface area contributed by atoms with Gasteiger partial charge in [-0.3, -0.25) is 0 Å². The summed E-state index contributed by atoms with van der Waals surface area (Å²) < 4.78 is 12.2. The molecular weight excluding hydrogens is 336 g/mol. The van der Waals surface area contributed by atoms with E-state index in [-0.39, 0.29) is 18.0 Å². The van der Waals surface area contributed by atoms with Crippen LogP contribution in [0.3, 0.4) is 0 Å². The molecule has 24 heavy (non-hydrogen) atoms. The van der Waals surface area contributed by atoms with Gasteiger partial charge in [0.1, 0.15) is 12.2 Å². The number of anilines is 1. The van der Waals surface area contributed by atoms with Crippen LogP contribution < -0.4 is 4.90 Å². The summed E-state index contributed by atoms with van der Waals surface area (Å²) in [6.07, 6.45) is 2.15. The first-order chi connectivity index (χ1) is 11.6. The number of thiazole rings is 1. The molecule has 0 spiro atoms. The summed E-state index contributed by atoms with van der Waals surface area (Å²) in [5.41, 5.74) is 0. The molecular formula is C13H14N6O4S. The predicted octanol–water partition coefficient (Wildman–Crippen LogP) is 1.96. The van der Waals surface area contributed by atoms with Gasteiger partial charge in [-0.15, -0.1) is 0 Å². The van der Waals surface area contributed by atoms with Crippen molar-refractivity contribution >= 4 is 27.9 Å². The Balaban J connectivity index is 1.82. The summed E-state index contributed by atoms with van der Waals surface area (Å²) in [6.45, 7) is 2.20. The van der Waals surface area contributed by atoms with E-state index in [1.807, 2.05) is 4.90 Å². The van der Waals surface area contributed by atoms with Gasteiger partial charge >= 0.3 is 5.82 Å². The van der Waals surface area contributed by atoms with Crippen molar-refractivity contribution in [2.45, 2.75) is 25.5 Å². The normalized spacial score (nSPS) is 21.0. The lowest BCUT2D eigenvalue weighted by Gasteiger charge is -2.20. The van der Waals surface area contributed by atoms with Crippen molar-refractivity contribution in [1.29, 1.82) is 0 Å². The molecule has 11 heteroatoms. The van der Waals surface area contributed by atoms with Gasteiger partial charge in [-0.25, -0.2) is 0 Å². The Morgan fingerprint density at radius 1 is 1.50 bits per heavy atom. The minimum absolute atomic E-state index is 0.0655. The highest BCUT2D eigenvalue weighted by Gasteiger charge is 2.42. The highest BCUT2D eigenvalue weighted by Crippen LogP contribution is 2.41. The molecule has 0 radical (unpaired) electrons. The molecule has 0 aromatic carbocycles. The van der Waals surface area contributed by atoms with E-state index in [4.69, 9.17) is 9.26 Å². The van der Waals surface area contributed by atoms with Crippen LogP contribution in [0.25, 0.3) is 4.96 Å². The molecule has 1 saturated heterocycles. The molecule has 0 bridgehead atoms. The topological polar surface area (TPSA) is 112 Å². The number of nitro groups is 1. The van der Waals surface area contributed by atoms with Crippen molar-refractivity contribution in [3.05, 3.63) is 33.4 Å². The third-order valence-electron chi connectivity index (χ3n) is 4.09. The molecule has 1 aliphatic rings. The van der Waals surface area contributed by atoms with Gasteiger partial charge in [0.05, 0.1) is 6.10 Å². The third kappa shape index (κ3) is 2.24. The largest absolute Gasteiger partial charge is 0.380 e. The van der Waals surface area contributed by atoms with Crippen LogP contribution in [-0.2, 0) is 4.74 Å². The van der Waals surface area contributed by atoms with Gasteiger partial charge in [-0.2, -0.15) is 14.4 Å². The van der Waals surface area contributed by atoms with E-state index in [2.05, 4.69) is 15.1 Å². The number of aromatic nitrogens is 4. The van der Waals surface area contributed by atoms with Crippen LogP contribution in [-0.4, -0.2) is 44.2 Å². The number of methoxy groups -OCH3 is 1. The van der Waals surface area contributed by atoms with Crippen LogP contribution >= 0.6 is 11.3 Å². The molecule has 0 N–H and O–H groups in total. The first-order valence-electron chi connectivity index (χ1n) is 7.28.